The number of ether oxygens (including phenoxy) is 1. The number of hydrogen-bond acceptors (Lipinski definition) is 6. The lowest BCUT2D eigenvalue weighted by Crippen LogP contribution is -2.50. The zero-order valence-corrected chi connectivity index (χ0v) is 12.2. The number of nitrogens with zero attached hydrogens (tertiary/aromatic N) is 2. The van der Waals surface area contributed by atoms with Gasteiger partial charge < -0.3 is 20.2 Å². The predicted molar refractivity (Wildman–Crippen MR) is 78.8 cm³/mol. The molecule has 0 saturated carbocycles. The molecule has 2 heterocycles. The number of carbonyl (C=O) groups excluding carboxylic acids is 1. The molecule has 1 saturated heterocycles. The number of carbonyl (C=O) groups is 1. The minimum absolute atomic E-state index is 0.110. The summed E-state index contributed by atoms with van der Waals surface area (Å²) < 4.78 is 5.30. The molecule has 1 aliphatic heterocycles. The minimum atomic E-state index is -0.302. The molecule has 2 rings (SSSR count). The van der Waals surface area contributed by atoms with E-state index in [-0.39, 0.29) is 18.6 Å². The van der Waals surface area contributed by atoms with Gasteiger partial charge in [-0.3, -0.25) is 4.79 Å². The lowest BCUT2D eigenvalue weighted by molar-refractivity contribution is -0.0184. The van der Waals surface area contributed by atoms with Gasteiger partial charge in [0.05, 0.1) is 25.9 Å². The van der Waals surface area contributed by atoms with Gasteiger partial charge in [-0.1, -0.05) is 13.3 Å². The number of morpholine rings is 1. The van der Waals surface area contributed by atoms with Gasteiger partial charge >= 0.3 is 0 Å². The molecule has 1 aromatic heterocycles. The highest BCUT2D eigenvalue weighted by Gasteiger charge is 2.28. The van der Waals surface area contributed by atoms with Crippen LogP contribution >= 0.6 is 0 Å². The second kappa shape index (κ2) is 7.35. The van der Waals surface area contributed by atoms with Crippen LogP contribution < -0.4 is 11.3 Å². The van der Waals surface area contributed by atoms with Crippen LogP contribution in [0.3, 0.4) is 0 Å². The fraction of sp³-hybridized carbons (Fsp3) is 0.571. The molecule has 0 radical (unpaired) electrons. The van der Waals surface area contributed by atoms with E-state index < -0.39 is 0 Å². The van der Waals surface area contributed by atoms with Gasteiger partial charge in [0.1, 0.15) is 5.82 Å². The molecule has 1 atom stereocenters. The molecule has 0 aliphatic carbocycles. The summed E-state index contributed by atoms with van der Waals surface area (Å²) in [7, 11) is 0. The van der Waals surface area contributed by atoms with Crippen molar-refractivity contribution in [3.63, 3.8) is 0 Å². The normalized spacial score (nSPS) is 18.6. The van der Waals surface area contributed by atoms with E-state index >= 15 is 0 Å². The molecule has 4 N–H and O–H groups in total. The van der Waals surface area contributed by atoms with Crippen LogP contribution in [0, 0.1) is 0 Å². The molecule has 1 fully saturated rings. The lowest BCUT2D eigenvalue weighted by atomic mass is 10.1. The molecule has 1 unspecified atom stereocenters. The molecule has 1 aliphatic rings. The van der Waals surface area contributed by atoms with Crippen LogP contribution in [0.15, 0.2) is 12.1 Å². The molecule has 0 bridgehead atoms. The number of nitrogens with one attached hydrogen (secondary N) is 1. The molecule has 1 amide bonds. The largest absolute Gasteiger partial charge is 0.394 e. The average molecular weight is 294 g/mol. The number of pyridine rings is 1. The predicted octanol–water partition coefficient (Wildman–Crippen LogP) is 0.153. The van der Waals surface area contributed by atoms with Crippen LogP contribution in [-0.2, 0) is 11.2 Å². The van der Waals surface area contributed by atoms with Crippen LogP contribution in [0.4, 0.5) is 5.82 Å². The van der Waals surface area contributed by atoms with E-state index in [4.69, 9.17) is 10.6 Å². The molecule has 116 valence electrons. The fourth-order valence-corrected chi connectivity index (χ4v) is 2.41. The molecule has 7 heteroatoms. The first-order valence-corrected chi connectivity index (χ1v) is 7.16. The Balaban J connectivity index is 2.26. The van der Waals surface area contributed by atoms with E-state index in [9.17, 15) is 9.90 Å². The Morgan fingerprint density at radius 3 is 3.10 bits per heavy atom. The van der Waals surface area contributed by atoms with E-state index in [2.05, 4.69) is 17.3 Å². The van der Waals surface area contributed by atoms with Crippen LogP contribution in [0.5, 0.6) is 0 Å². The van der Waals surface area contributed by atoms with E-state index in [1.165, 1.54) is 0 Å². The van der Waals surface area contributed by atoms with E-state index in [1.54, 1.807) is 17.0 Å². The SMILES string of the molecule is CCCc1cc(C(=O)N2CCOCC2CO)cc(NN)n1. The lowest BCUT2D eigenvalue weighted by Gasteiger charge is -2.34. The highest BCUT2D eigenvalue weighted by molar-refractivity contribution is 5.95. The summed E-state index contributed by atoms with van der Waals surface area (Å²) in [6, 6.07) is 3.12. The Bertz CT molecular complexity index is 495. The van der Waals surface area contributed by atoms with Crippen molar-refractivity contribution in [3.05, 3.63) is 23.4 Å². The summed E-state index contributed by atoms with van der Waals surface area (Å²) in [6.45, 7) is 3.26. The zero-order chi connectivity index (χ0) is 15.2. The molecular weight excluding hydrogens is 272 g/mol. The highest BCUT2D eigenvalue weighted by Crippen LogP contribution is 2.16. The maximum Gasteiger partial charge on any atom is 0.254 e. The van der Waals surface area contributed by atoms with Crippen LogP contribution in [0.1, 0.15) is 29.4 Å². The highest BCUT2D eigenvalue weighted by atomic mass is 16.5. The molecule has 7 nitrogen and oxygen atoms in total. The summed E-state index contributed by atoms with van der Waals surface area (Å²) in [6.07, 6.45) is 1.72. The number of nitrogen functional groups attached to an aromatic ring is 1. The molecule has 21 heavy (non-hydrogen) atoms. The summed E-state index contributed by atoms with van der Waals surface area (Å²) in [4.78, 5) is 18.6. The van der Waals surface area contributed by atoms with Crippen molar-refractivity contribution in [2.75, 3.05) is 31.8 Å². The van der Waals surface area contributed by atoms with Crippen molar-refractivity contribution in [2.24, 2.45) is 5.84 Å². The van der Waals surface area contributed by atoms with Crippen molar-refractivity contribution in [2.45, 2.75) is 25.8 Å². The second-order valence-corrected chi connectivity index (χ2v) is 5.04. The number of hydrazine groups is 1. The number of amides is 1. The first kappa shape index (κ1) is 15.7. The van der Waals surface area contributed by atoms with Crippen molar-refractivity contribution in [3.8, 4) is 0 Å². The van der Waals surface area contributed by atoms with Crippen LogP contribution in [0.25, 0.3) is 0 Å². The van der Waals surface area contributed by atoms with E-state index in [0.717, 1.165) is 18.5 Å². The molecule has 0 spiro atoms. The monoisotopic (exact) mass is 294 g/mol. The maximum atomic E-state index is 12.7. The Labute approximate surface area is 124 Å². The number of anilines is 1. The van der Waals surface area contributed by atoms with Gasteiger partial charge in [0, 0.05) is 17.8 Å². The third kappa shape index (κ3) is 3.69. The first-order chi connectivity index (χ1) is 10.2. The van der Waals surface area contributed by atoms with Gasteiger partial charge in [-0.2, -0.15) is 0 Å². The molecule has 1 aromatic rings. The van der Waals surface area contributed by atoms with Crippen LogP contribution in [0.2, 0.25) is 0 Å². The molecule has 0 aromatic carbocycles. The zero-order valence-electron chi connectivity index (χ0n) is 12.2. The number of hydrogen-bond donors (Lipinski definition) is 3. The number of nitrogens with two attached hydrogens (primary N) is 1. The number of aryl methyl sites for hydroxylation is 1. The third-order valence-electron chi connectivity index (χ3n) is 3.48. The van der Waals surface area contributed by atoms with Crippen molar-refractivity contribution in [1.29, 1.82) is 0 Å². The fourth-order valence-electron chi connectivity index (χ4n) is 2.41. The third-order valence-corrected chi connectivity index (χ3v) is 3.48. The van der Waals surface area contributed by atoms with Gasteiger partial charge in [-0.25, -0.2) is 10.8 Å². The standard InChI is InChI=1S/C14H22N4O3/c1-2-3-11-6-10(7-13(16-11)17-15)14(20)18-4-5-21-9-12(18)8-19/h6-7,12,19H,2-5,8-9,15H2,1H3,(H,16,17). The second-order valence-electron chi connectivity index (χ2n) is 5.04. The van der Waals surface area contributed by atoms with Crippen molar-refractivity contribution >= 4 is 11.7 Å². The number of aliphatic hydroxyl groups excluding tert-OH is 1. The Kier molecular flexibility index (Phi) is 5.49. The summed E-state index contributed by atoms with van der Waals surface area (Å²) in [5.41, 5.74) is 3.85. The van der Waals surface area contributed by atoms with Crippen LogP contribution in [-0.4, -0.2) is 53.3 Å². The van der Waals surface area contributed by atoms with Crippen molar-refractivity contribution < 1.29 is 14.6 Å². The van der Waals surface area contributed by atoms with E-state index in [0.29, 0.717) is 31.1 Å². The van der Waals surface area contributed by atoms with Gasteiger partial charge in [0.2, 0.25) is 0 Å². The number of aromatic nitrogens is 1. The maximum absolute atomic E-state index is 12.7. The van der Waals surface area contributed by atoms with Gasteiger partial charge in [-0.05, 0) is 18.6 Å². The van der Waals surface area contributed by atoms with Gasteiger partial charge in [0.15, 0.2) is 0 Å². The Morgan fingerprint density at radius 1 is 1.62 bits per heavy atom. The minimum Gasteiger partial charge on any atom is -0.394 e. The van der Waals surface area contributed by atoms with Crippen molar-refractivity contribution in [1.82, 2.24) is 9.88 Å². The smallest absolute Gasteiger partial charge is 0.254 e. The summed E-state index contributed by atoms with van der Waals surface area (Å²) in [5, 5.41) is 9.38. The quantitative estimate of drug-likeness (QED) is 0.528. The van der Waals surface area contributed by atoms with E-state index in [1.807, 2.05) is 0 Å². The Hall–Kier alpha value is -1.70. The topological polar surface area (TPSA) is 101 Å². The average Bonchev–Trinajstić information content (AvgIpc) is 2.54. The number of rotatable bonds is 5. The summed E-state index contributed by atoms with van der Waals surface area (Å²) in [5.74, 6) is 5.76. The summed E-state index contributed by atoms with van der Waals surface area (Å²) >= 11 is 0. The van der Waals surface area contributed by atoms with Gasteiger partial charge in [0.25, 0.3) is 5.91 Å². The van der Waals surface area contributed by atoms with Gasteiger partial charge in [-0.15, -0.1) is 0 Å². The number of aliphatic hydroxyl groups is 1. The molecular formula is C14H22N4O3. The first-order valence-electron chi connectivity index (χ1n) is 7.16. The Morgan fingerprint density at radius 2 is 2.43 bits per heavy atom.